The Morgan fingerprint density at radius 3 is 2.23 bits per heavy atom. The van der Waals surface area contributed by atoms with Crippen molar-refractivity contribution < 1.29 is 17.9 Å². The number of hydrogen-bond donors (Lipinski definition) is 1. The first-order chi connectivity index (χ1) is 14.1. The molecule has 6 nitrogen and oxygen atoms in total. The van der Waals surface area contributed by atoms with Gasteiger partial charge in [0.05, 0.1) is 25.1 Å². The minimum absolute atomic E-state index is 0.228. The van der Waals surface area contributed by atoms with Crippen LogP contribution in [0.5, 0.6) is 5.75 Å². The lowest BCUT2D eigenvalue weighted by Gasteiger charge is -2.30. The predicted octanol–water partition coefficient (Wildman–Crippen LogP) is 3.99. The van der Waals surface area contributed by atoms with Crippen LogP contribution in [0.4, 0.5) is 5.69 Å². The molecule has 0 aliphatic heterocycles. The van der Waals surface area contributed by atoms with E-state index in [0.717, 1.165) is 35.1 Å². The zero-order valence-corrected chi connectivity index (χ0v) is 19.4. The Labute approximate surface area is 180 Å². The van der Waals surface area contributed by atoms with Crippen LogP contribution in [0, 0.1) is 6.92 Å². The second kappa shape index (κ2) is 9.98. The first kappa shape index (κ1) is 23.7. The number of hydrogen-bond acceptors (Lipinski definition) is 4. The summed E-state index contributed by atoms with van der Waals surface area (Å²) >= 11 is 0. The van der Waals surface area contributed by atoms with E-state index in [0.29, 0.717) is 12.1 Å². The molecule has 0 aromatic heterocycles. The number of ether oxygens (including phenoxy) is 1. The number of aryl methyl sites for hydroxylation is 2. The SMILES string of the molecule is CCc1ccc(N(C(C)C(=O)NC(CC)c2ccc(OC)c(C)c2)S(C)(=O)=O)cc1. The van der Waals surface area contributed by atoms with E-state index in [-0.39, 0.29) is 11.9 Å². The van der Waals surface area contributed by atoms with Crippen molar-refractivity contribution >= 4 is 21.6 Å². The minimum Gasteiger partial charge on any atom is -0.496 e. The fourth-order valence-corrected chi connectivity index (χ4v) is 4.69. The van der Waals surface area contributed by atoms with Crippen LogP contribution in [0.15, 0.2) is 42.5 Å². The third-order valence-corrected chi connectivity index (χ3v) is 6.48. The summed E-state index contributed by atoms with van der Waals surface area (Å²) < 4.78 is 31.5. The van der Waals surface area contributed by atoms with Gasteiger partial charge in [-0.1, -0.05) is 38.1 Å². The molecule has 164 valence electrons. The number of nitrogens with zero attached hydrogens (tertiary/aromatic N) is 1. The van der Waals surface area contributed by atoms with Crippen molar-refractivity contribution in [3.8, 4) is 5.75 Å². The normalized spacial score (nSPS) is 13.4. The molecule has 1 amide bonds. The van der Waals surface area contributed by atoms with Crippen LogP contribution in [-0.2, 0) is 21.2 Å². The highest BCUT2D eigenvalue weighted by molar-refractivity contribution is 7.92. The Bertz CT molecular complexity index is 971. The number of amides is 1. The summed E-state index contributed by atoms with van der Waals surface area (Å²) in [4.78, 5) is 13.0. The van der Waals surface area contributed by atoms with Crippen LogP contribution in [0.25, 0.3) is 0 Å². The fourth-order valence-electron chi connectivity index (χ4n) is 3.52. The molecule has 0 bridgehead atoms. The van der Waals surface area contributed by atoms with Crippen molar-refractivity contribution in [2.45, 2.75) is 52.6 Å². The van der Waals surface area contributed by atoms with E-state index in [4.69, 9.17) is 4.74 Å². The number of rotatable bonds is 9. The number of benzene rings is 2. The smallest absolute Gasteiger partial charge is 0.244 e. The molecular weight excluding hydrogens is 400 g/mol. The molecule has 2 aromatic carbocycles. The quantitative estimate of drug-likeness (QED) is 0.650. The molecule has 0 heterocycles. The van der Waals surface area contributed by atoms with E-state index < -0.39 is 16.1 Å². The minimum atomic E-state index is -3.65. The summed E-state index contributed by atoms with van der Waals surface area (Å²) in [5.41, 5.74) is 3.51. The summed E-state index contributed by atoms with van der Waals surface area (Å²) in [6.07, 6.45) is 2.65. The van der Waals surface area contributed by atoms with Crippen molar-refractivity contribution in [3.05, 3.63) is 59.2 Å². The van der Waals surface area contributed by atoms with E-state index in [2.05, 4.69) is 5.32 Å². The number of sulfonamides is 1. The number of carbonyl (C=O) groups is 1. The molecule has 0 fully saturated rings. The van der Waals surface area contributed by atoms with Crippen LogP contribution in [-0.4, -0.2) is 33.7 Å². The van der Waals surface area contributed by atoms with Crippen LogP contribution in [0.2, 0.25) is 0 Å². The van der Waals surface area contributed by atoms with Crippen molar-refractivity contribution in [1.82, 2.24) is 5.32 Å². The summed E-state index contributed by atoms with van der Waals surface area (Å²) in [5.74, 6) is 0.437. The molecule has 30 heavy (non-hydrogen) atoms. The summed E-state index contributed by atoms with van der Waals surface area (Å²) in [5, 5.41) is 3.01. The lowest BCUT2D eigenvalue weighted by molar-refractivity contribution is -0.122. The monoisotopic (exact) mass is 432 g/mol. The molecule has 0 saturated heterocycles. The van der Waals surface area contributed by atoms with E-state index in [1.54, 1.807) is 26.2 Å². The Hall–Kier alpha value is -2.54. The molecule has 0 spiro atoms. The standard InChI is InChI=1S/C23H32N2O4S/c1-7-18-9-12-20(13-10-18)25(30(6,27)28)17(4)23(26)24-21(8-2)19-11-14-22(29-5)16(3)15-19/h9-15,17,21H,7-8H2,1-6H3,(H,24,26). The zero-order chi connectivity index (χ0) is 22.5. The van der Waals surface area contributed by atoms with Gasteiger partial charge in [0, 0.05) is 0 Å². The first-order valence-electron chi connectivity index (χ1n) is 10.2. The molecule has 0 aliphatic carbocycles. The lowest BCUT2D eigenvalue weighted by atomic mass is 10.0. The molecule has 2 rings (SSSR count). The topological polar surface area (TPSA) is 75.7 Å². The predicted molar refractivity (Wildman–Crippen MR) is 122 cm³/mol. The summed E-state index contributed by atoms with van der Waals surface area (Å²) in [7, 11) is -2.03. The highest BCUT2D eigenvalue weighted by atomic mass is 32.2. The third-order valence-electron chi connectivity index (χ3n) is 5.23. The van der Waals surface area contributed by atoms with Crippen molar-refractivity contribution in [2.75, 3.05) is 17.7 Å². The van der Waals surface area contributed by atoms with E-state index >= 15 is 0 Å². The molecule has 2 unspecified atom stereocenters. The fraction of sp³-hybridized carbons (Fsp3) is 0.435. The molecule has 7 heteroatoms. The van der Waals surface area contributed by atoms with Crippen LogP contribution in [0.3, 0.4) is 0 Å². The van der Waals surface area contributed by atoms with Crippen molar-refractivity contribution in [2.24, 2.45) is 0 Å². The average molecular weight is 433 g/mol. The second-order valence-corrected chi connectivity index (χ2v) is 9.31. The van der Waals surface area contributed by atoms with Gasteiger partial charge >= 0.3 is 0 Å². The van der Waals surface area contributed by atoms with Gasteiger partial charge in [0.1, 0.15) is 11.8 Å². The largest absolute Gasteiger partial charge is 0.496 e. The number of nitrogens with one attached hydrogen (secondary N) is 1. The lowest BCUT2D eigenvalue weighted by Crippen LogP contribution is -2.48. The van der Waals surface area contributed by atoms with E-state index in [1.165, 1.54) is 4.31 Å². The van der Waals surface area contributed by atoms with Gasteiger partial charge in [0.15, 0.2) is 0 Å². The van der Waals surface area contributed by atoms with Gasteiger partial charge in [0.2, 0.25) is 15.9 Å². The van der Waals surface area contributed by atoms with Gasteiger partial charge in [-0.15, -0.1) is 0 Å². The Morgan fingerprint density at radius 2 is 1.77 bits per heavy atom. The average Bonchev–Trinajstić information content (AvgIpc) is 2.71. The Kier molecular flexibility index (Phi) is 7.89. The van der Waals surface area contributed by atoms with Gasteiger partial charge in [-0.3, -0.25) is 9.10 Å². The summed E-state index contributed by atoms with van der Waals surface area (Å²) in [6, 6.07) is 11.9. The zero-order valence-electron chi connectivity index (χ0n) is 18.6. The Morgan fingerprint density at radius 1 is 1.13 bits per heavy atom. The number of methoxy groups -OCH3 is 1. The van der Waals surface area contributed by atoms with Gasteiger partial charge in [-0.2, -0.15) is 0 Å². The maximum Gasteiger partial charge on any atom is 0.244 e. The van der Waals surface area contributed by atoms with Crippen LogP contribution in [0.1, 0.15) is 49.9 Å². The second-order valence-electron chi connectivity index (χ2n) is 7.45. The van der Waals surface area contributed by atoms with E-state index in [1.807, 2.05) is 51.1 Å². The van der Waals surface area contributed by atoms with Crippen molar-refractivity contribution in [1.29, 1.82) is 0 Å². The Balaban J connectivity index is 2.28. The highest BCUT2D eigenvalue weighted by Crippen LogP contribution is 2.26. The first-order valence-corrected chi connectivity index (χ1v) is 12.0. The van der Waals surface area contributed by atoms with Gasteiger partial charge in [0.25, 0.3) is 0 Å². The van der Waals surface area contributed by atoms with Gasteiger partial charge < -0.3 is 10.1 Å². The van der Waals surface area contributed by atoms with E-state index in [9.17, 15) is 13.2 Å². The van der Waals surface area contributed by atoms with Gasteiger partial charge in [-0.25, -0.2) is 8.42 Å². The highest BCUT2D eigenvalue weighted by Gasteiger charge is 2.30. The van der Waals surface area contributed by atoms with Gasteiger partial charge in [-0.05, 0) is 61.6 Å². The molecule has 2 aromatic rings. The molecule has 0 aliphatic rings. The maximum atomic E-state index is 13.0. The summed E-state index contributed by atoms with van der Waals surface area (Å²) in [6.45, 7) is 7.57. The van der Waals surface area contributed by atoms with Crippen LogP contribution >= 0.6 is 0 Å². The molecule has 0 saturated carbocycles. The van der Waals surface area contributed by atoms with Crippen molar-refractivity contribution in [3.63, 3.8) is 0 Å². The molecular formula is C23H32N2O4S. The number of anilines is 1. The third kappa shape index (κ3) is 5.53. The molecule has 2 atom stereocenters. The van der Waals surface area contributed by atoms with Crippen LogP contribution < -0.4 is 14.4 Å². The maximum absolute atomic E-state index is 13.0. The molecule has 1 N–H and O–H groups in total. The number of carbonyl (C=O) groups excluding carboxylic acids is 1. The molecule has 0 radical (unpaired) electrons.